The Morgan fingerprint density at radius 1 is 1.36 bits per heavy atom. The third-order valence-corrected chi connectivity index (χ3v) is 3.78. The molecule has 0 aliphatic carbocycles. The van der Waals surface area contributed by atoms with Crippen LogP contribution in [0.2, 0.25) is 0 Å². The van der Waals surface area contributed by atoms with E-state index in [4.69, 9.17) is 14.2 Å². The molecule has 2 aromatic rings. The standard InChI is InChI=1S/C15H19N3O4/c1-20-10-5-6-12(14(8-10)21-2)18-15(11(9-19)16-17-18)13-4-3-7-22-13/h5-6,8,13,19H,3-4,7,9H2,1-2H3. The first-order valence-electron chi connectivity index (χ1n) is 7.17. The maximum Gasteiger partial charge on any atom is 0.148 e. The lowest BCUT2D eigenvalue weighted by Gasteiger charge is -2.15. The maximum atomic E-state index is 9.53. The van der Waals surface area contributed by atoms with Gasteiger partial charge in [-0.25, -0.2) is 4.68 Å². The smallest absolute Gasteiger partial charge is 0.148 e. The first kappa shape index (κ1) is 14.8. The zero-order chi connectivity index (χ0) is 15.5. The first-order chi connectivity index (χ1) is 10.8. The molecule has 0 amide bonds. The summed E-state index contributed by atoms with van der Waals surface area (Å²) < 4.78 is 18.1. The SMILES string of the molecule is COc1ccc(-n2nnc(CO)c2C2CCCO2)c(OC)c1. The van der Waals surface area contributed by atoms with Crippen LogP contribution in [0.5, 0.6) is 11.5 Å². The molecule has 1 saturated heterocycles. The van der Waals surface area contributed by atoms with Gasteiger partial charge in [-0.2, -0.15) is 0 Å². The summed E-state index contributed by atoms with van der Waals surface area (Å²) in [5, 5.41) is 17.8. The zero-order valence-corrected chi connectivity index (χ0v) is 12.7. The fourth-order valence-electron chi connectivity index (χ4n) is 2.69. The number of benzene rings is 1. The molecule has 0 radical (unpaired) electrons. The van der Waals surface area contributed by atoms with Crippen molar-refractivity contribution in [3.63, 3.8) is 0 Å². The fraction of sp³-hybridized carbons (Fsp3) is 0.467. The van der Waals surface area contributed by atoms with E-state index in [1.807, 2.05) is 12.1 Å². The molecule has 7 heteroatoms. The Labute approximate surface area is 128 Å². The minimum Gasteiger partial charge on any atom is -0.497 e. The van der Waals surface area contributed by atoms with Gasteiger partial charge in [0, 0.05) is 12.7 Å². The Bertz CT molecular complexity index is 650. The van der Waals surface area contributed by atoms with E-state index in [9.17, 15) is 5.11 Å². The van der Waals surface area contributed by atoms with Crippen LogP contribution < -0.4 is 9.47 Å². The van der Waals surface area contributed by atoms with E-state index in [1.165, 1.54) is 0 Å². The highest BCUT2D eigenvalue weighted by Crippen LogP contribution is 2.34. The highest BCUT2D eigenvalue weighted by molar-refractivity contribution is 5.51. The Morgan fingerprint density at radius 2 is 2.23 bits per heavy atom. The molecule has 0 bridgehead atoms. The lowest BCUT2D eigenvalue weighted by Crippen LogP contribution is -2.10. The van der Waals surface area contributed by atoms with Gasteiger partial charge in [-0.15, -0.1) is 5.10 Å². The first-order valence-corrected chi connectivity index (χ1v) is 7.17. The largest absolute Gasteiger partial charge is 0.497 e. The van der Waals surface area contributed by atoms with E-state index in [2.05, 4.69) is 10.3 Å². The van der Waals surface area contributed by atoms with Crippen LogP contribution in [-0.4, -0.2) is 40.9 Å². The second kappa shape index (κ2) is 6.33. The van der Waals surface area contributed by atoms with Gasteiger partial charge < -0.3 is 19.3 Å². The third kappa shape index (κ3) is 2.53. The highest BCUT2D eigenvalue weighted by atomic mass is 16.5. The molecule has 1 aliphatic heterocycles. The molecule has 2 heterocycles. The minimum atomic E-state index is -0.173. The Balaban J connectivity index is 2.10. The number of aliphatic hydroxyl groups excluding tert-OH is 1. The van der Waals surface area contributed by atoms with Crippen LogP contribution in [0.25, 0.3) is 5.69 Å². The Hall–Kier alpha value is -2.12. The number of aliphatic hydroxyl groups is 1. The van der Waals surface area contributed by atoms with Crippen LogP contribution in [0, 0.1) is 0 Å². The topological polar surface area (TPSA) is 78.6 Å². The quantitative estimate of drug-likeness (QED) is 0.904. The van der Waals surface area contributed by atoms with Crippen molar-refractivity contribution in [1.82, 2.24) is 15.0 Å². The molecule has 1 fully saturated rings. The molecule has 1 atom stereocenters. The van der Waals surface area contributed by atoms with Crippen molar-refractivity contribution < 1.29 is 19.3 Å². The molecule has 118 valence electrons. The molecular weight excluding hydrogens is 286 g/mol. The summed E-state index contributed by atoms with van der Waals surface area (Å²) in [6, 6.07) is 5.47. The molecule has 1 aromatic heterocycles. The van der Waals surface area contributed by atoms with E-state index in [0.717, 1.165) is 24.2 Å². The molecule has 1 unspecified atom stereocenters. The summed E-state index contributed by atoms with van der Waals surface area (Å²) in [6.45, 7) is 0.536. The average Bonchev–Trinajstić information content (AvgIpc) is 3.22. The number of nitrogens with zero attached hydrogens (tertiary/aromatic N) is 3. The van der Waals surface area contributed by atoms with Crippen LogP contribution in [0.3, 0.4) is 0 Å². The van der Waals surface area contributed by atoms with E-state index in [1.54, 1.807) is 25.0 Å². The summed E-state index contributed by atoms with van der Waals surface area (Å²) in [7, 11) is 3.19. The van der Waals surface area contributed by atoms with Crippen LogP contribution in [0.15, 0.2) is 18.2 Å². The van der Waals surface area contributed by atoms with Crippen molar-refractivity contribution in [2.75, 3.05) is 20.8 Å². The van der Waals surface area contributed by atoms with Gasteiger partial charge in [-0.1, -0.05) is 5.21 Å². The molecular formula is C15H19N3O4. The summed E-state index contributed by atoms with van der Waals surface area (Å²) >= 11 is 0. The molecule has 22 heavy (non-hydrogen) atoms. The van der Waals surface area contributed by atoms with E-state index < -0.39 is 0 Å². The lowest BCUT2D eigenvalue weighted by molar-refractivity contribution is 0.104. The predicted octanol–water partition coefficient (Wildman–Crippen LogP) is 1.63. The number of hydrogen-bond acceptors (Lipinski definition) is 6. The van der Waals surface area contributed by atoms with Gasteiger partial charge in [-0.3, -0.25) is 0 Å². The minimum absolute atomic E-state index is 0.107. The molecule has 7 nitrogen and oxygen atoms in total. The van der Waals surface area contributed by atoms with Crippen LogP contribution in [0.4, 0.5) is 0 Å². The number of methoxy groups -OCH3 is 2. The van der Waals surface area contributed by atoms with Crippen molar-refractivity contribution in [3.8, 4) is 17.2 Å². The number of ether oxygens (including phenoxy) is 3. The van der Waals surface area contributed by atoms with Crippen molar-refractivity contribution in [2.45, 2.75) is 25.6 Å². The third-order valence-electron chi connectivity index (χ3n) is 3.78. The number of hydrogen-bond donors (Lipinski definition) is 1. The molecule has 1 aromatic carbocycles. The molecule has 0 spiro atoms. The molecule has 0 saturated carbocycles. The normalized spacial score (nSPS) is 17.7. The molecule has 1 aliphatic rings. The van der Waals surface area contributed by atoms with E-state index in [-0.39, 0.29) is 12.7 Å². The zero-order valence-electron chi connectivity index (χ0n) is 12.7. The van der Waals surface area contributed by atoms with Crippen LogP contribution in [-0.2, 0) is 11.3 Å². The fourth-order valence-corrected chi connectivity index (χ4v) is 2.69. The molecule has 1 N–H and O–H groups in total. The monoisotopic (exact) mass is 305 g/mol. The van der Waals surface area contributed by atoms with Gasteiger partial charge in [0.25, 0.3) is 0 Å². The Kier molecular flexibility index (Phi) is 4.26. The summed E-state index contributed by atoms with van der Waals surface area (Å²) in [5.41, 5.74) is 2.05. The van der Waals surface area contributed by atoms with Gasteiger partial charge in [0.2, 0.25) is 0 Å². The van der Waals surface area contributed by atoms with Gasteiger partial charge in [-0.05, 0) is 25.0 Å². The van der Waals surface area contributed by atoms with Crippen molar-refractivity contribution in [2.24, 2.45) is 0 Å². The van der Waals surface area contributed by atoms with Gasteiger partial charge in [0.1, 0.15) is 29.0 Å². The van der Waals surface area contributed by atoms with Gasteiger partial charge >= 0.3 is 0 Å². The summed E-state index contributed by atoms with van der Waals surface area (Å²) in [6.07, 6.45) is 1.77. The average molecular weight is 305 g/mol. The van der Waals surface area contributed by atoms with Crippen LogP contribution in [0.1, 0.15) is 30.3 Å². The van der Waals surface area contributed by atoms with Crippen molar-refractivity contribution >= 4 is 0 Å². The molecule has 3 rings (SSSR count). The van der Waals surface area contributed by atoms with Crippen LogP contribution >= 0.6 is 0 Å². The lowest BCUT2D eigenvalue weighted by atomic mass is 10.1. The maximum absolute atomic E-state index is 9.53. The highest BCUT2D eigenvalue weighted by Gasteiger charge is 2.27. The van der Waals surface area contributed by atoms with Gasteiger partial charge in [0.15, 0.2) is 0 Å². The van der Waals surface area contributed by atoms with Crippen molar-refractivity contribution in [1.29, 1.82) is 0 Å². The number of aromatic nitrogens is 3. The predicted molar refractivity (Wildman–Crippen MR) is 78.3 cm³/mol. The van der Waals surface area contributed by atoms with E-state index >= 15 is 0 Å². The van der Waals surface area contributed by atoms with Crippen molar-refractivity contribution in [3.05, 3.63) is 29.6 Å². The summed E-state index contributed by atoms with van der Waals surface area (Å²) in [5.74, 6) is 1.31. The second-order valence-corrected chi connectivity index (χ2v) is 5.03. The van der Waals surface area contributed by atoms with Gasteiger partial charge in [0.05, 0.1) is 26.5 Å². The number of rotatable bonds is 5. The van der Waals surface area contributed by atoms with E-state index in [0.29, 0.717) is 23.8 Å². The Morgan fingerprint density at radius 3 is 2.86 bits per heavy atom. The second-order valence-electron chi connectivity index (χ2n) is 5.03. The summed E-state index contributed by atoms with van der Waals surface area (Å²) in [4.78, 5) is 0.